The topological polar surface area (TPSA) is 142 Å². The number of fused-ring (bicyclic) bond motifs is 4. The summed E-state index contributed by atoms with van der Waals surface area (Å²) < 4.78 is 28.2. The number of carbonyl (C=O) groups excluding carboxylic acids is 2. The van der Waals surface area contributed by atoms with E-state index in [1.54, 1.807) is 23.1 Å². The Labute approximate surface area is 206 Å². The SMILES string of the molecule is Cc1ccc(S(=O)(=O)N2CCN3c4ccc([N+](=O)[O-])cc4CC4(C(=O)NC(=S)NC4=O)[C@@H]3C2)cc1. The lowest BCUT2D eigenvalue weighted by Crippen LogP contribution is -2.74. The summed E-state index contributed by atoms with van der Waals surface area (Å²) in [5, 5.41) is 16.2. The fourth-order valence-electron chi connectivity index (χ4n) is 5.10. The van der Waals surface area contributed by atoms with E-state index in [0.717, 1.165) is 5.56 Å². The molecule has 2 fully saturated rings. The number of nitro groups is 1. The molecule has 0 bridgehead atoms. The number of non-ortho nitro benzene ring substituents is 1. The van der Waals surface area contributed by atoms with Crippen LogP contribution in [0.3, 0.4) is 0 Å². The third-order valence-electron chi connectivity index (χ3n) is 6.89. The van der Waals surface area contributed by atoms with E-state index in [2.05, 4.69) is 10.6 Å². The molecule has 3 aliphatic rings. The van der Waals surface area contributed by atoms with Gasteiger partial charge in [0.1, 0.15) is 0 Å². The molecule has 13 heteroatoms. The van der Waals surface area contributed by atoms with Crippen LogP contribution in [0.15, 0.2) is 47.4 Å². The fourth-order valence-corrected chi connectivity index (χ4v) is 6.72. The quantitative estimate of drug-likeness (QED) is 0.265. The van der Waals surface area contributed by atoms with Gasteiger partial charge in [-0.2, -0.15) is 4.31 Å². The number of nitro benzene ring substituents is 1. The molecule has 3 aliphatic heterocycles. The van der Waals surface area contributed by atoms with Crippen molar-refractivity contribution in [2.75, 3.05) is 24.5 Å². The molecule has 5 rings (SSSR count). The van der Waals surface area contributed by atoms with Crippen LogP contribution in [0.4, 0.5) is 11.4 Å². The van der Waals surface area contributed by atoms with Crippen LogP contribution in [0.5, 0.6) is 0 Å². The maximum absolute atomic E-state index is 13.4. The second-order valence-electron chi connectivity index (χ2n) is 8.84. The number of thiocarbonyl (C=S) groups is 1. The molecule has 0 unspecified atom stereocenters. The lowest BCUT2D eigenvalue weighted by atomic mass is 9.68. The number of piperazine rings is 1. The van der Waals surface area contributed by atoms with Gasteiger partial charge in [0, 0.05) is 43.9 Å². The third kappa shape index (κ3) is 3.58. The van der Waals surface area contributed by atoms with Crippen molar-refractivity contribution < 1.29 is 22.9 Å². The first-order valence-electron chi connectivity index (χ1n) is 10.8. The monoisotopic (exact) mass is 515 g/mol. The van der Waals surface area contributed by atoms with E-state index in [1.807, 2.05) is 6.92 Å². The van der Waals surface area contributed by atoms with Crippen molar-refractivity contribution in [3.05, 3.63) is 63.7 Å². The zero-order valence-electron chi connectivity index (χ0n) is 18.6. The van der Waals surface area contributed by atoms with E-state index in [4.69, 9.17) is 12.2 Å². The van der Waals surface area contributed by atoms with Crippen LogP contribution < -0.4 is 15.5 Å². The predicted molar refractivity (Wildman–Crippen MR) is 129 cm³/mol. The molecule has 11 nitrogen and oxygen atoms in total. The van der Waals surface area contributed by atoms with Crippen LogP contribution in [0.2, 0.25) is 0 Å². The number of hydrogen-bond acceptors (Lipinski definition) is 8. The summed E-state index contributed by atoms with van der Waals surface area (Å²) in [6, 6.07) is 9.92. The van der Waals surface area contributed by atoms with Crippen molar-refractivity contribution in [1.82, 2.24) is 14.9 Å². The van der Waals surface area contributed by atoms with Gasteiger partial charge in [0.2, 0.25) is 21.8 Å². The van der Waals surface area contributed by atoms with E-state index in [0.29, 0.717) is 11.3 Å². The minimum atomic E-state index is -3.90. The van der Waals surface area contributed by atoms with Gasteiger partial charge < -0.3 is 15.5 Å². The Bertz CT molecular complexity index is 1370. The molecule has 1 spiro atoms. The van der Waals surface area contributed by atoms with Crippen LogP contribution in [0.25, 0.3) is 0 Å². The van der Waals surface area contributed by atoms with Crippen molar-refractivity contribution in [1.29, 1.82) is 0 Å². The Morgan fingerprint density at radius 2 is 1.74 bits per heavy atom. The molecule has 1 atom stereocenters. The normalized spacial score (nSPS) is 21.7. The minimum absolute atomic E-state index is 0.112. The summed E-state index contributed by atoms with van der Waals surface area (Å²) in [6.45, 7) is 2.03. The van der Waals surface area contributed by atoms with E-state index >= 15 is 0 Å². The number of amides is 2. The van der Waals surface area contributed by atoms with Crippen molar-refractivity contribution in [2.45, 2.75) is 24.3 Å². The molecule has 0 saturated carbocycles. The fraction of sp³-hybridized carbons (Fsp3) is 0.318. The van der Waals surface area contributed by atoms with Gasteiger partial charge in [0.15, 0.2) is 10.5 Å². The van der Waals surface area contributed by atoms with Crippen LogP contribution >= 0.6 is 12.2 Å². The Balaban J connectivity index is 1.61. The Hall–Kier alpha value is -3.42. The highest BCUT2D eigenvalue weighted by Gasteiger charge is 2.61. The van der Waals surface area contributed by atoms with Gasteiger partial charge in [-0.25, -0.2) is 8.42 Å². The number of nitrogens with one attached hydrogen (secondary N) is 2. The summed E-state index contributed by atoms with van der Waals surface area (Å²) in [4.78, 5) is 39.4. The van der Waals surface area contributed by atoms with Crippen molar-refractivity contribution in [3.8, 4) is 0 Å². The molecule has 182 valence electrons. The highest BCUT2D eigenvalue weighted by Crippen LogP contribution is 2.45. The molecule has 35 heavy (non-hydrogen) atoms. The molecule has 0 aliphatic carbocycles. The van der Waals surface area contributed by atoms with E-state index in [1.165, 1.54) is 28.6 Å². The van der Waals surface area contributed by atoms with Gasteiger partial charge in [0.25, 0.3) is 5.69 Å². The van der Waals surface area contributed by atoms with Gasteiger partial charge in [-0.05, 0) is 42.9 Å². The lowest BCUT2D eigenvalue weighted by Gasteiger charge is -2.54. The Morgan fingerprint density at radius 3 is 2.37 bits per heavy atom. The van der Waals surface area contributed by atoms with Gasteiger partial charge in [-0.3, -0.25) is 19.7 Å². The molecule has 2 saturated heterocycles. The third-order valence-corrected chi connectivity index (χ3v) is 8.97. The average molecular weight is 516 g/mol. The maximum atomic E-state index is 13.4. The lowest BCUT2D eigenvalue weighted by molar-refractivity contribution is -0.384. The molecule has 0 radical (unpaired) electrons. The Kier molecular flexibility index (Phi) is 5.38. The van der Waals surface area contributed by atoms with E-state index in [-0.39, 0.29) is 41.8 Å². The van der Waals surface area contributed by atoms with Crippen LogP contribution in [-0.4, -0.2) is 60.2 Å². The molecule has 2 amide bonds. The molecule has 3 heterocycles. The summed E-state index contributed by atoms with van der Waals surface area (Å²) in [5.74, 6) is -1.32. The van der Waals surface area contributed by atoms with Crippen molar-refractivity contribution in [2.24, 2.45) is 5.41 Å². The average Bonchev–Trinajstić information content (AvgIpc) is 2.81. The Morgan fingerprint density at radius 1 is 1.09 bits per heavy atom. The van der Waals surface area contributed by atoms with Crippen LogP contribution in [0, 0.1) is 22.5 Å². The highest BCUT2D eigenvalue weighted by molar-refractivity contribution is 7.89. The van der Waals surface area contributed by atoms with Gasteiger partial charge in [0.05, 0.1) is 15.9 Å². The second kappa shape index (κ2) is 8.07. The first-order valence-corrected chi connectivity index (χ1v) is 12.7. The summed E-state index contributed by atoms with van der Waals surface area (Å²) in [6.07, 6.45) is -0.135. The molecular formula is C22H21N5O6S2. The molecule has 0 aromatic heterocycles. The van der Waals surface area contributed by atoms with E-state index < -0.39 is 38.2 Å². The molecule has 2 aromatic carbocycles. The van der Waals surface area contributed by atoms with Crippen molar-refractivity contribution in [3.63, 3.8) is 0 Å². The number of benzene rings is 2. The molecule has 2 aromatic rings. The molecular weight excluding hydrogens is 494 g/mol. The second-order valence-corrected chi connectivity index (χ2v) is 11.2. The van der Waals surface area contributed by atoms with Gasteiger partial charge >= 0.3 is 0 Å². The van der Waals surface area contributed by atoms with Crippen LogP contribution in [0.1, 0.15) is 11.1 Å². The maximum Gasteiger partial charge on any atom is 0.269 e. The number of carbonyl (C=O) groups is 2. The number of hydrogen-bond donors (Lipinski definition) is 2. The number of nitrogens with zero attached hydrogens (tertiary/aromatic N) is 3. The van der Waals surface area contributed by atoms with Crippen LogP contribution in [-0.2, 0) is 26.0 Å². The number of anilines is 1. The largest absolute Gasteiger partial charge is 0.364 e. The summed E-state index contributed by atoms with van der Waals surface area (Å²) >= 11 is 4.98. The minimum Gasteiger partial charge on any atom is -0.364 e. The molecule has 2 N–H and O–H groups in total. The van der Waals surface area contributed by atoms with Crippen molar-refractivity contribution >= 4 is 50.5 Å². The van der Waals surface area contributed by atoms with Gasteiger partial charge in [-0.15, -0.1) is 0 Å². The standard InChI is InChI=1S/C22H21N5O6S2/c1-13-2-5-16(6-3-13)35(32,33)25-8-9-26-17-7-4-15(27(30)31)10-14(17)11-22(18(26)12-25)19(28)23-21(34)24-20(22)29/h2-7,10,18H,8-9,11-12H2,1H3,(H2,23,24,28,29,34)/t18-/m0/s1. The first kappa shape index (κ1) is 23.3. The zero-order valence-corrected chi connectivity index (χ0v) is 20.2. The highest BCUT2D eigenvalue weighted by atomic mass is 32.2. The smallest absolute Gasteiger partial charge is 0.269 e. The van der Waals surface area contributed by atoms with E-state index in [9.17, 15) is 28.1 Å². The zero-order chi connectivity index (χ0) is 25.1. The predicted octanol–water partition coefficient (Wildman–Crippen LogP) is 0.856. The number of sulfonamides is 1. The number of rotatable bonds is 3. The van der Waals surface area contributed by atoms with Gasteiger partial charge in [-0.1, -0.05) is 17.7 Å². The summed E-state index contributed by atoms with van der Waals surface area (Å²) in [7, 11) is -3.90. The number of aryl methyl sites for hydroxylation is 1. The first-order chi connectivity index (χ1) is 16.5. The summed E-state index contributed by atoms with van der Waals surface area (Å²) in [5.41, 5.74) is 0.115.